The molecule has 1 aliphatic rings. The standard InChI is InChI=1S/C14H17NO.C13H11F.C2H4O2.C2H6/c1-3-14(15-8-10-16-11-9-15)13-6-4-12(2)5-7-13;1-10-3-2-4-12(9-10)11-5-7-13(14)8-6-11;1-4-2-3;1-2/h4-7H,1,8-11H2,2H3;2-9H,1H3;2H,1H3;1-2H3. The first kappa shape index (κ1) is 30.4. The van der Waals surface area contributed by atoms with Gasteiger partial charge in [-0.1, -0.05) is 92.2 Å². The van der Waals surface area contributed by atoms with Gasteiger partial charge in [0.25, 0.3) is 6.47 Å². The molecule has 0 bridgehead atoms. The maximum Gasteiger partial charge on any atom is 0.292 e. The van der Waals surface area contributed by atoms with Crippen LogP contribution in [0.3, 0.4) is 0 Å². The second kappa shape index (κ2) is 17.7. The van der Waals surface area contributed by atoms with Gasteiger partial charge in [0, 0.05) is 18.7 Å². The quantitative estimate of drug-likeness (QED) is 0.289. The van der Waals surface area contributed by atoms with Crippen LogP contribution in [0.25, 0.3) is 16.8 Å². The number of halogens is 1. The summed E-state index contributed by atoms with van der Waals surface area (Å²) in [6.07, 6.45) is 0. The first-order valence-electron chi connectivity index (χ1n) is 12.1. The molecule has 5 heteroatoms. The molecule has 0 unspecified atom stereocenters. The van der Waals surface area contributed by atoms with Gasteiger partial charge in [0.05, 0.1) is 26.0 Å². The molecule has 0 aliphatic carbocycles. The van der Waals surface area contributed by atoms with Crippen LogP contribution in [0.1, 0.15) is 30.5 Å². The summed E-state index contributed by atoms with van der Waals surface area (Å²) in [5.74, 6) is -0.193. The van der Waals surface area contributed by atoms with Crippen LogP contribution in [0.4, 0.5) is 4.39 Å². The lowest BCUT2D eigenvalue weighted by Crippen LogP contribution is -2.34. The van der Waals surface area contributed by atoms with Gasteiger partial charge in [-0.2, -0.15) is 0 Å². The molecule has 0 atom stereocenters. The summed E-state index contributed by atoms with van der Waals surface area (Å²) in [4.78, 5) is 11.2. The third-order valence-corrected chi connectivity index (χ3v) is 5.11. The lowest BCUT2D eigenvalue weighted by Gasteiger charge is -2.30. The monoisotopic (exact) mass is 491 g/mol. The fourth-order valence-electron chi connectivity index (χ4n) is 3.36. The Hall–Kier alpha value is -3.66. The van der Waals surface area contributed by atoms with E-state index < -0.39 is 0 Å². The molecule has 0 spiro atoms. The van der Waals surface area contributed by atoms with Crippen LogP contribution >= 0.6 is 0 Å². The molecule has 0 amide bonds. The van der Waals surface area contributed by atoms with Crippen LogP contribution in [-0.2, 0) is 14.3 Å². The lowest BCUT2D eigenvalue weighted by atomic mass is 10.0. The van der Waals surface area contributed by atoms with Crippen molar-refractivity contribution in [3.05, 3.63) is 108 Å². The molecule has 4 rings (SSSR count). The minimum absolute atomic E-state index is 0.193. The van der Waals surface area contributed by atoms with Gasteiger partial charge in [0.2, 0.25) is 0 Å². The molecular weight excluding hydrogens is 453 g/mol. The van der Waals surface area contributed by atoms with Crippen LogP contribution in [0, 0.1) is 19.7 Å². The Labute approximate surface area is 215 Å². The van der Waals surface area contributed by atoms with E-state index in [2.05, 4.69) is 59.2 Å². The van der Waals surface area contributed by atoms with Gasteiger partial charge in [-0.15, -0.1) is 5.73 Å². The van der Waals surface area contributed by atoms with Gasteiger partial charge in [0.15, 0.2) is 0 Å². The molecule has 1 aliphatic heterocycles. The van der Waals surface area contributed by atoms with Crippen LogP contribution < -0.4 is 0 Å². The minimum Gasteiger partial charge on any atom is -0.471 e. The van der Waals surface area contributed by atoms with E-state index in [1.54, 1.807) is 12.1 Å². The average Bonchev–Trinajstić information content (AvgIpc) is 2.93. The molecule has 0 N–H and O–H groups in total. The smallest absolute Gasteiger partial charge is 0.292 e. The van der Waals surface area contributed by atoms with Crippen LogP contribution in [0.15, 0.2) is 85.1 Å². The molecule has 3 aromatic rings. The molecule has 192 valence electrons. The van der Waals surface area contributed by atoms with E-state index in [0.29, 0.717) is 6.47 Å². The predicted molar refractivity (Wildman–Crippen MR) is 147 cm³/mol. The zero-order valence-electron chi connectivity index (χ0n) is 22.1. The molecule has 0 radical (unpaired) electrons. The Balaban J connectivity index is 0.000000298. The maximum atomic E-state index is 12.7. The summed E-state index contributed by atoms with van der Waals surface area (Å²) in [7, 11) is 1.31. The van der Waals surface area contributed by atoms with E-state index >= 15 is 0 Å². The van der Waals surface area contributed by atoms with E-state index in [1.807, 2.05) is 39.0 Å². The van der Waals surface area contributed by atoms with Gasteiger partial charge in [-0.3, -0.25) is 4.79 Å². The summed E-state index contributed by atoms with van der Waals surface area (Å²) in [5.41, 5.74) is 9.98. The summed E-state index contributed by atoms with van der Waals surface area (Å²) in [6, 6.07) is 23.2. The van der Waals surface area contributed by atoms with Crippen LogP contribution in [0.2, 0.25) is 0 Å². The summed E-state index contributed by atoms with van der Waals surface area (Å²) in [5, 5.41) is 0. The van der Waals surface area contributed by atoms with E-state index in [4.69, 9.17) is 9.53 Å². The number of ether oxygens (including phenoxy) is 2. The number of carbonyl (C=O) groups excluding carboxylic acids is 1. The highest BCUT2D eigenvalue weighted by atomic mass is 19.1. The first-order chi connectivity index (χ1) is 17.5. The summed E-state index contributed by atoms with van der Waals surface area (Å²) >= 11 is 0. The number of aryl methyl sites for hydroxylation is 2. The van der Waals surface area contributed by atoms with E-state index in [0.717, 1.165) is 43.1 Å². The molecular formula is C31H38FNO3. The number of morpholine rings is 1. The Morgan fingerprint density at radius 3 is 2.03 bits per heavy atom. The van der Waals surface area contributed by atoms with Crippen molar-refractivity contribution in [2.75, 3.05) is 33.4 Å². The Morgan fingerprint density at radius 2 is 1.53 bits per heavy atom. The molecule has 4 nitrogen and oxygen atoms in total. The van der Waals surface area contributed by atoms with Gasteiger partial charge in [0.1, 0.15) is 5.82 Å². The van der Waals surface area contributed by atoms with Crippen molar-refractivity contribution < 1.29 is 18.7 Å². The van der Waals surface area contributed by atoms with E-state index in [-0.39, 0.29) is 5.82 Å². The Kier molecular flexibility index (Phi) is 15.0. The topological polar surface area (TPSA) is 38.8 Å². The fourth-order valence-corrected chi connectivity index (χ4v) is 3.36. The third kappa shape index (κ3) is 10.7. The van der Waals surface area contributed by atoms with Gasteiger partial charge in [-0.05, 0) is 37.1 Å². The number of benzene rings is 3. The molecule has 3 aromatic carbocycles. The number of hydrogen-bond acceptors (Lipinski definition) is 4. The summed E-state index contributed by atoms with van der Waals surface area (Å²) in [6.45, 7) is 15.7. The Bertz CT molecular complexity index is 1070. The zero-order valence-corrected chi connectivity index (χ0v) is 22.1. The summed E-state index contributed by atoms with van der Waals surface area (Å²) < 4.78 is 21.9. The van der Waals surface area contributed by atoms with Crippen molar-refractivity contribution >= 4 is 12.2 Å². The molecule has 1 fully saturated rings. The molecule has 1 heterocycles. The van der Waals surface area contributed by atoms with Crippen molar-refractivity contribution in [3.63, 3.8) is 0 Å². The van der Waals surface area contributed by atoms with Crippen molar-refractivity contribution in [2.45, 2.75) is 27.7 Å². The second-order valence-corrected chi connectivity index (χ2v) is 7.70. The largest absolute Gasteiger partial charge is 0.471 e. The number of nitrogens with zero attached hydrogens (tertiary/aromatic N) is 1. The number of hydrogen-bond donors (Lipinski definition) is 0. The number of methoxy groups -OCH3 is 1. The number of rotatable bonds is 4. The van der Waals surface area contributed by atoms with Crippen molar-refractivity contribution in [3.8, 4) is 11.1 Å². The van der Waals surface area contributed by atoms with Crippen molar-refractivity contribution in [2.24, 2.45) is 0 Å². The maximum absolute atomic E-state index is 12.7. The molecule has 36 heavy (non-hydrogen) atoms. The highest BCUT2D eigenvalue weighted by molar-refractivity contribution is 5.64. The predicted octanol–water partition coefficient (Wildman–Crippen LogP) is 7.07. The third-order valence-electron chi connectivity index (χ3n) is 5.11. The van der Waals surface area contributed by atoms with E-state index in [9.17, 15) is 4.39 Å². The Morgan fingerprint density at radius 1 is 0.944 bits per heavy atom. The van der Waals surface area contributed by atoms with Gasteiger partial charge < -0.3 is 14.4 Å². The van der Waals surface area contributed by atoms with Crippen molar-refractivity contribution in [1.82, 2.24) is 4.90 Å². The fraction of sp³-hybridized carbons (Fsp3) is 0.290. The first-order valence-corrected chi connectivity index (χ1v) is 12.1. The minimum atomic E-state index is -0.193. The highest BCUT2D eigenvalue weighted by Crippen LogP contribution is 2.21. The van der Waals surface area contributed by atoms with E-state index in [1.165, 1.54) is 35.9 Å². The second-order valence-electron chi connectivity index (χ2n) is 7.70. The van der Waals surface area contributed by atoms with Crippen molar-refractivity contribution in [1.29, 1.82) is 0 Å². The van der Waals surface area contributed by atoms with Crippen LogP contribution in [0.5, 0.6) is 0 Å². The van der Waals surface area contributed by atoms with Gasteiger partial charge >= 0.3 is 0 Å². The normalized spacial score (nSPS) is 11.7. The number of carbonyl (C=O) groups is 1. The highest BCUT2D eigenvalue weighted by Gasteiger charge is 2.14. The molecule has 0 aromatic heterocycles. The van der Waals surface area contributed by atoms with Crippen LogP contribution in [-0.4, -0.2) is 44.8 Å². The van der Waals surface area contributed by atoms with Gasteiger partial charge in [-0.25, -0.2) is 4.39 Å². The average molecular weight is 492 g/mol. The lowest BCUT2D eigenvalue weighted by molar-refractivity contribution is -0.126. The zero-order chi connectivity index (χ0) is 26.8. The SMILES string of the molecule is C=C=C(c1ccc(C)cc1)N1CCOCC1.CC.COC=O.Cc1cccc(-c2ccc(F)cc2)c1. The molecule has 1 saturated heterocycles. The molecule has 0 saturated carbocycles.